The molecule has 5 aromatic rings. The Morgan fingerprint density at radius 1 is 0.927 bits per heavy atom. The molecule has 1 unspecified atom stereocenters. The van der Waals surface area contributed by atoms with E-state index < -0.39 is 0 Å². The lowest BCUT2D eigenvalue weighted by atomic mass is 10.0. The summed E-state index contributed by atoms with van der Waals surface area (Å²) < 4.78 is 5.61. The summed E-state index contributed by atoms with van der Waals surface area (Å²) in [6.07, 6.45) is 5.52. The van der Waals surface area contributed by atoms with Crippen LogP contribution in [-0.4, -0.2) is 56.9 Å². The fraction of sp³-hybridized carbons (Fsp3) is 0.281. The maximum Gasteiger partial charge on any atom is 0.225 e. The molecule has 1 amide bonds. The second-order valence-electron chi connectivity index (χ2n) is 10.6. The van der Waals surface area contributed by atoms with Gasteiger partial charge in [-0.3, -0.25) is 4.79 Å². The zero-order chi connectivity index (χ0) is 28.5. The number of fused-ring (bicyclic) bond motifs is 1. The number of aromatic nitrogens is 4. The van der Waals surface area contributed by atoms with E-state index in [4.69, 9.17) is 9.40 Å². The first-order valence-electron chi connectivity index (χ1n) is 13.9. The molecule has 9 nitrogen and oxygen atoms in total. The fourth-order valence-corrected chi connectivity index (χ4v) is 5.25. The normalized spacial score (nSPS) is 14.3. The van der Waals surface area contributed by atoms with Crippen molar-refractivity contribution in [3.05, 3.63) is 84.1 Å². The summed E-state index contributed by atoms with van der Waals surface area (Å²) in [4.78, 5) is 34.2. The molecule has 4 heterocycles. The molecule has 0 spiro atoms. The fourth-order valence-electron chi connectivity index (χ4n) is 5.25. The summed E-state index contributed by atoms with van der Waals surface area (Å²) in [5, 5.41) is 4.65. The monoisotopic (exact) mass is 547 g/mol. The summed E-state index contributed by atoms with van der Waals surface area (Å²) in [5.41, 5.74) is 6.99. The van der Waals surface area contributed by atoms with Gasteiger partial charge in [0, 0.05) is 74.1 Å². The van der Waals surface area contributed by atoms with Crippen molar-refractivity contribution in [3.8, 4) is 22.4 Å². The number of amides is 1. The Hall–Kier alpha value is -4.79. The molecule has 3 aromatic heterocycles. The van der Waals surface area contributed by atoms with E-state index in [0.717, 1.165) is 63.4 Å². The number of nitrogens with zero attached hydrogens (tertiary/aromatic N) is 6. The molecule has 41 heavy (non-hydrogen) atoms. The van der Waals surface area contributed by atoms with Gasteiger partial charge in [0.2, 0.25) is 11.9 Å². The molecule has 2 aromatic carbocycles. The zero-order valence-corrected chi connectivity index (χ0v) is 23.8. The highest BCUT2D eigenvalue weighted by Gasteiger charge is 2.20. The van der Waals surface area contributed by atoms with E-state index in [9.17, 15) is 4.79 Å². The minimum Gasteiger partial charge on any atom is -0.464 e. The quantitative estimate of drug-likeness (QED) is 0.285. The number of anilines is 2. The Kier molecular flexibility index (Phi) is 7.09. The third-order valence-electron chi connectivity index (χ3n) is 7.63. The third kappa shape index (κ3) is 5.61. The Balaban J connectivity index is 1.17. The van der Waals surface area contributed by atoms with Gasteiger partial charge in [-0.25, -0.2) is 19.9 Å². The van der Waals surface area contributed by atoms with E-state index in [1.54, 1.807) is 13.2 Å². The lowest BCUT2D eigenvalue weighted by molar-refractivity contribution is -0.129. The smallest absolute Gasteiger partial charge is 0.225 e. The van der Waals surface area contributed by atoms with Gasteiger partial charge in [0.15, 0.2) is 0 Å². The number of aryl methyl sites for hydroxylation is 2. The SMILES string of the molecule is CC(=O)N1CCN(c2ncc(-c3cccc(C(C)Nc4cc(-c5ccc6occ(C)c6c5)nc(C)n4)c3)cn2)CC1. The van der Waals surface area contributed by atoms with E-state index in [-0.39, 0.29) is 11.9 Å². The van der Waals surface area contributed by atoms with E-state index in [1.165, 1.54) is 0 Å². The van der Waals surface area contributed by atoms with Crippen molar-refractivity contribution in [2.45, 2.75) is 33.7 Å². The summed E-state index contributed by atoms with van der Waals surface area (Å²) >= 11 is 0. The van der Waals surface area contributed by atoms with Crippen LogP contribution in [0.4, 0.5) is 11.8 Å². The number of benzene rings is 2. The molecule has 9 heteroatoms. The molecule has 0 radical (unpaired) electrons. The standard InChI is InChI=1S/C32H33N7O2/c1-20-19-41-30-9-8-26(15-28(20)30)29-16-31(37-22(3)36-29)35-21(2)24-6-5-7-25(14-24)27-17-33-32(34-18-27)39-12-10-38(11-13-39)23(4)40/h5-9,14-19,21H,10-13H2,1-4H3,(H,35,36,37). The number of furan rings is 1. The van der Waals surface area contributed by atoms with Gasteiger partial charge in [0.25, 0.3) is 0 Å². The topological polar surface area (TPSA) is 100 Å². The molecule has 1 aliphatic rings. The predicted octanol–water partition coefficient (Wildman–Crippen LogP) is 5.81. The van der Waals surface area contributed by atoms with E-state index in [0.29, 0.717) is 24.9 Å². The minimum absolute atomic E-state index is 0.00783. The Bertz CT molecular complexity index is 1710. The van der Waals surface area contributed by atoms with Gasteiger partial charge in [-0.2, -0.15) is 0 Å². The first kappa shape index (κ1) is 26.4. The average Bonchev–Trinajstić information content (AvgIpc) is 3.37. The molecule has 1 fully saturated rings. The second-order valence-corrected chi connectivity index (χ2v) is 10.6. The van der Waals surface area contributed by atoms with Crippen LogP contribution >= 0.6 is 0 Å². The van der Waals surface area contributed by atoms with E-state index in [1.807, 2.05) is 49.3 Å². The predicted molar refractivity (Wildman–Crippen MR) is 161 cm³/mol. The average molecular weight is 548 g/mol. The maximum atomic E-state index is 11.6. The molecule has 208 valence electrons. The molecular formula is C32H33N7O2. The lowest BCUT2D eigenvalue weighted by Gasteiger charge is -2.34. The van der Waals surface area contributed by atoms with Gasteiger partial charge in [0.1, 0.15) is 17.2 Å². The van der Waals surface area contributed by atoms with Crippen molar-refractivity contribution < 1.29 is 9.21 Å². The van der Waals surface area contributed by atoms with Gasteiger partial charge in [-0.05, 0) is 61.7 Å². The van der Waals surface area contributed by atoms with Gasteiger partial charge in [-0.15, -0.1) is 0 Å². The summed E-state index contributed by atoms with van der Waals surface area (Å²) in [6, 6.07) is 16.5. The van der Waals surface area contributed by atoms with Crippen LogP contribution in [0.25, 0.3) is 33.4 Å². The van der Waals surface area contributed by atoms with Crippen LogP contribution in [0.3, 0.4) is 0 Å². The van der Waals surface area contributed by atoms with Crippen LogP contribution < -0.4 is 10.2 Å². The largest absolute Gasteiger partial charge is 0.464 e. The number of piperazine rings is 1. The summed E-state index contributed by atoms with van der Waals surface area (Å²) in [7, 11) is 0. The van der Waals surface area contributed by atoms with Crippen LogP contribution in [0.1, 0.15) is 36.8 Å². The van der Waals surface area contributed by atoms with Crippen LogP contribution in [-0.2, 0) is 4.79 Å². The number of carbonyl (C=O) groups is 1. The van der Waals surface area contributed by atoms with Crippen LogP contribution in [0.5, 0.6) is 0 Å². The molecule has 1 aliphatic heterocycles. The first-order valence-corrected chi connectivity index (χ1v) is 13.9. The van der Waals surface area contributed by atoms with Crippen molar-refractivity contribution in [3.63, 3.8) is 0 Å². The van der Waals surface area contributed by atoms with Crippen molar-refractivity contribution >= 4 is 28.6 Å². The maximum absolute atomic E-state index is 11.6. The van der Waals surface area contributed by atoms with Crippen molar-refractivity contribution in [2.75, 3.05) is 36.4 Å². The Labute approximate surface area is 239 Å². The van der Waals surface area contributed by atoms with Crippen LogP contribution in [0, 0.1) is 13.8 Å². The molecule has 0 bridgehead atoms. The second kappa shape index (κ2) is 11.0. The molecule has 1 N–H and O–H groups in total. The third-order valence-corrected chi connectivity index (χ3v) is 7.63. The number of nitrogens with one attached hydrogen (secondary N) is 1. The minimum atomic E-state index is 0.00783. The van der Waals surface area contributed by atoms with Crippen LogP contribution in [0.15, 0.2) is 71.6 Å². The molecule has 1 atom stereocenters. The molecule has 6 rings (SSSR count). The Morgan fingerprint density at radius 3 is 2.46 bits per heavy atom. The van der Waals surface area contributed by atoms with Crippen molar-refractivity contribution in [1.29, 1.82) is 0 Å². The van der Waals surface area contributed by atoms with Crippen molar-refractivity contribution in [2.24, 2.45) is 0 Å². The van der Waals surface area contributed by atoms with Gasteiger partial charge < -0.3 is 19.5 Å². The highest BCUT2D eigenvalue weighted by atomic mass is 16.3. The summed E-state index contributed by atoms with van der Waals surface area (Å²) in [5.74, 6) is 2.28. The first-order chi connectivity index (χ1) is 19.8. The molecule has 0 saturated carbocycles. The number of hydrogen-bond donors (Lipinski definition) is 1. The highest BCUT2D eigenvalue weighted by molar-refractivity contribution is 5.85. The number of hydrogen-bond acceptors (Lipinski definition) is 8. The molecule has 1 saturated heterocycles. The van der Waals surface area contributed by atoms with E-state index >= 15 is 0 Å². The summed E-state index contributed by atoms with van der Waals surface area (Å²) in [6.45, 7) is 10.6. The lowest BCUT2D eigenvalue weighted by Crippen LogP contribution is -2.48. The zero-order valence-electron chi connectivity index (χ0n) is 23.8. The van der Waals surface area contributed by atoms with Gasteiger partial charge in [0.05, 0.1) is 12.0 Å². The van der Waals surface area contributed by atoms with Crippen molar-refractivity contribution in [1.82, 2.24) is 24.8 Å². The van der Waals surface area contributed by atoms with Gasteiger partial charge >= 0.3 is 0 Å². The molecule has 0 aliphatic carbocycles. The number of rotatable bonds is 6. The van der Waals surface area contributed by atoms with Gasteiger partial charge in [-0.1, -0.05) is 18.2 Å². The molecular weight excluding hydrogens is 514 g/mol. The van der Waals surface area contributed by atoms with Crippen LogP contribution in [0.2, 0.25) is 0 Å². The van der Waals surface area contributed by atoms with E-state index in [2.05, 4.69) is 62.4 Å². The Morgan fingerprint density at radius 2 is 1.71 bits per heavy atom. The highest BCUT2D eigenvalue weighted by Crippen LogP contribution is 2.29. The number of carbonyl (C=O) groups excluding carboxylic acids is 1.